The van der Waals surface area contributed by atoms with Crippen LogP contribution in [0.1, 0.15) is 6.92 Å². The Balaban J connectivity index is 3.37. The Bertz CT molecular complexity index is 108. The van der Waals surface area contributed by atoms with E-state index in [0.29, 0.717) is 12.3 Å². The van der Waals surface area contributed by atoms with Crippen LogP contribution < -0.4 is 11.1 Å². The van der Waals surface area contributed by atoms with Gasteiger partial charge >= 0.3 is 0 Å². The van der Waals surface area contributed by atoms with Gasteiger partial charge in [-0.25, -0.2) is 0 Å². The summed E-state index contributed by atoms with van der Waals surface area (Å²) in [5, 5.41) is 2.75. The first-order valence-electron chi connectivity index (χ1n) is 3.19. The Morgan fingerprint density at radius 3 is 2.80 bits per heavy atom. The van der Waals surface area contributed by atoms with Crippen molar-refractivity contribution in [2.75, 3.05) is 18.6 Å². The highest BCUT2D eigenvalue weighted by atomic mass is 32.2. The van der Waals surface area contributed by atoms with Crippen LogP contribution in [-0.2, 0) is 4.79 Å². The minimum atomic E-state index is 0.0606. The van der Waals surface area contributed by atoms with Gasteiger partial charge < -0.3 is 11.1 Å². The number of carbonyl (C=O) groups is 1. The van der Waals surface area contributed by atoms with Crippen LogP contribution in [0.2, 0.25) is 0 Å². The topological polar surface area (TPSA) is 55.1 Å². The molecular weight excluding hydrogens is 148 g/mol. The molecule has 3 N–H and O–H groups in total. The van der Waals surface area contributed by atoms with E-state index in [1.165, 1.54) is 11.8 Å². The minimum Gasteiger partial charge on any atom is -0.352 e. The van der Waals surface area contributed by atoms with E-state index < -0.39 is 0 Å². The lowest BCUT2D eigenvalue weighted by molar-refractivity contribution is -0.119. The molecule has 0 radical (unpaired) electrons. The minimum absolute atomic E-state index is 0.0606. The number of thioether (sulfide) groups is 1. The number of carbonyl (C=O) groups excluding carboxylic acids is 1. The van der Waals surface area contributed by atoms with E-state index >= 15 is 0 Å². The molecule has 60 valence electrons. The molecule has 1 unspecified atom stereocenters. The first-order valence-corrected chi connectivity index (χ1v) is 4.58. The van der Waals surface area contributed by atoms with Crippen molar-refractivity contribution in [3.63, 3.8) is 0 Å². The largest absolute Gasteiger partial charge is 0.352 e. The molecule has 0 aromatic carbocycles. The molecular formula is C6H14N2OS. The Hall–Kier alpha value is -0.220. The molecule has 1 atom stereocenters. The second-order valence-electron chi connectivity index (χ2n) is 2.14. The molecule has 0 bridgehead atoms. The molecule has 0 spiro atoms. The molecule has 0 saturated heterocycles. The van der Waals surface area contributed by atoms with Gasteiger partial charge in [0, 0.05) is 12.6 Å². The maximum Gasteiger partial charge on any atom is 0.230 e. The number of nitrogens with two attached hydrogens (primary N) is 1. The molecule has 0 aromatic heterocycles. The van der Waals surface area contributed by atoms with E-state index in [2.05, 4.69) is 5.32 Å². The normalized spacial score (nSPS) is 12.7. The summed E-state index contributed by atoms with van der Waals surface area (Å²) in [5.41, 5.74) is 5.29. The molecule has 4 heteroatoms. The van der Waals surface area contributed by atoms with Crippen LogP contribution in [-0.4, -0.2) is 30.5 Å². The number of rotatable bonds is 4. The Kier molecular flexibility index (Phi) is 5.43. The van der Waals surface area contributed by atoms with Gasteiger partial charge in [0.25, 0.3) is 0 Å². The summed E-state index contributed by atoms with van der Waals surface area (Å²) in [7, 11) is 0. The summed E-state index contributed by atoms with van der Waals surface area (Å²) in [4.78, 5) is 10.8. The maximum atomic E-state index is 10.8. The van der Waals surface area contributed by atoms with Crippen LogP contribution in [0.5, 0.6) is 0 Å². The number of nitrogens with one attached hydrogen (secondary N) is 1. The average molecular weight is 162 g/mol. The highest BCUT2D eigenvalue weighted by Gasteiger charge is 2.02. The molecule has 0 aliphatic rings. The summed E-state index contributed by atoms with van der Waals surface area (Å²) in [6.45, 7) is 2.39. The summed E-state index contributed by atoms with van der Waals surface area (Å²) in [6.07, 6.45) is 1.90. The molecule has 3 nitrogen and oxygen atoms in total. The van der Waals surface area contributed by atoms with Gasteiger partial charge in [-0.1, -0.05) is 0 Å². The highest BCUT2D eigenvalue weighted by molar-refractivity contribution is 7.99. The molecule has 10 heavy (non-hydrogen) atoms. The van der Waals surface area contributed by atoms with Gasteiger partial charge in [0.15, 0.2) is 0 Å². The lowest BCUT2D eigenvalue weighted by Crippen LogP contribution is -2.38. The van der Waals surface area contributed by atoms with Gasteiger partial charge in [-0.15, -0.1) is 0 Å². The fourth-order valence-electron chi connectivity index (χ4n) is 0.507. The summed E-state index contributed by atoms with van der Waals surface area (Å²) in [5.74, 6) is 0.579. The molecule has 0 aliphatic heterocycles. The monoisotopic (exact) mass is 162 g/mol. The smallest absolute Gasteiger partial charge is 0.230 e. The van der Waals surface area contributed by atoms with Gasteiger partial charge in [0.1, 0.15) is 0 Å². The summed E-state index contributed by atoms with van der Waals surface area (Å²) < 4.78 is 0. The molecule has 0 heterocycles. The number of amides is 1. The van der Waals surface area contributed by atoms with Crippen LogP contribution >= 0.6 is 11.8 Å². The first-order chi connectivity index (χ1) is 4.70. The van der Waals surface area contributed by atoms with Gasteiger partial charge in [-0.2, -0.15) is 11.8 Å². The van der Waals surface area contributed by atoms with E-state index in [-0.39, 0.29) is 11.9 Å². The second kappa shape index (κ2) is 5.56. The zero-order valence-corrected chi connectivity index (χ0v) is 7.20. The van der Waals surface area contributed by atoms with Crippen molar-refractivity contribution >= 4 is 17.7 Å². The van der Waals surface area contributed by atoms with Crippen LogP contribution in [0.3, 0.4) is 0 Å². The second-order valence-corrected chi connectivity index (χ2v) is 3.00. The third kappa shape index (κ3) is 4.64. The van der Waals surface area contributed by atoms with Crippen molar-refractivity contribution in [3.05, 3.63) is 0 Å². The molecule has 1 amide bonds. The van der Waals surface area contributed by atoms with E-state index in [9.17, 15) is 4.79 Å². The van der Waals surface area contributed by atoms with Crippen LogP contribution in [0.15, 0.2) is 0 Å². The quantitative estimate of drug-likeness (QED) is 0.602. The zero-order valence-electron chi connectivity index (χ0n) is 6.39. The maximum absolute atomic E-state index is 10.8. The van der Waals surface area contributed by atoms with Crippen LogP contribution in [0.4, 0.5) is 0 Å². The van der Waals surface area contributed by atoms with Crippen molar-refractivity contribution in [2.24, 2.45) is 5.73 Å². The van der Waals surface area contributed by atoms with Gasteiger partial charge in [0.2, 0.25) is 5.91 Å². The van der Waals surface area contributed by atoms with E-state index in [1.807, 2.05) is 13.2 Å². The standard InChI is InChI=1S/C6H14N2OS/c1-5(3-7)8-6(9)4-10-2/h5H,3-4,7H2,1-2H3,(H,8,9). The van der Waals surface area contributed by atoms with E-state index in [1.54, 1.807) is 0 Å². The lowest BCUT2D eigenvalue weighted by atomic mass is 10.3. The predicted octanol–water partition coefficient (Wildman–Crippen LogP) is -0.187. The van der Waals surface area contributed by atoms with Crippen LogP contribution in [0.25, 0.3) is 0 Å². The van der Waals surface area contributed by atoms with E-state index in [0.717, 1.165) is 0 Å². The van der Waals surface area contributed by atoms with Gasteiger partial charge in [-0.3, -0.25) is 4.79 Å². The molecule has 0 fully saturated rings. The molecule has 0 rings (SSSR count). The Labute approximate surface area is 65.7 Å². The van der Waals surface area contributed by atoms with Gasteiger partial charge in [-0.05, 0) is 13.2 Å². The molecule has 0 aliphatic carbocycles. The average Bonchev–Trinajstić information content (AvgIpc) is 1.88. The van der Waals surface area contributed by atoms with Crippen molar-refractivity contribution in [3.8, 4) is 0 Å². The third-order valence-corrected chi connectivity index (χ3v) is 1.59. The zero-order chi connectivity index (χ0) is 7.98. The molecule has 0 aromatic rings. The van der Waals surface area contributed by atoms with Gasteiger partial charge in [0.05, 0.1) is 5.75 Å². The summed E-state index contributed by atoms with van der Waals surface area (Å²) >= 11 is 1.51. The summed E-state index contributed by atoms with van der Waals surface area (Å²) in [6, 6.07) is 0.0969. The van der Waals surface area contributed by atoms with Crippen molar-refractivity contribution in [1.82, 2.24) is 5.32 Å². The Morgan fingerprint density at radius 2 is 2.40 bits per heavy atom. The number of hydrogen-bond acceptors (Lipinski definition) is 3. The van der Waals surface area contributed by atoms with Crippen molar-refractivity contribution in [2.45, 2.75) is 13.0 Å². The van der Waals surface area contributed by atoms with Crippen molar-refractivity contribution < 1.29 is 4.79 Å². The van der Waals surface area contributed by atoms with Crippen molar-refractivity contribution in [1.29, 1.82) is 0 Å². The van der Waals surface area contributed by atoms with E-state index in [4.69, 9.17) is 5.73 Å². The lowest BCUT2D eigenvalue weighted by Gasteiger charge is -2.09. The first kappa shape index (κ1) is 9.78. The Morgan fingerprint density at radius 1 is 1.80 bits per heavy atom. The predicted molar refractivity (Wildman–Crippen MR) is 45.0 cm³/mol. The fourth-order valence-corrected chi connectivity index (χ4v) is 0.852. The third-order valence-electron chi connectivity index (χ3n) is 1.04. The number of hydrogen-bond donors (Lipinski definition) is 2. The highest BCUT2D eigenvalue weighted by Crippen LogP contribution is 1.89. The molecule has 0 saturated carbocycles. The SMILES string of the molecule is CSCC(=O)NC(C)CN. The van der Waals surface area contributed by atoms with Crippen LogP contribution in [0, 0.1) is 0 Å². The fraction of sp³-hybridized carbons (Fsp3) is 0.833.